The Morgan fingerprint density at radius 3 is 1.19 bits per heavy atom. The van der Waals surface area contributed by atoms with E-state index in [1.54, 1.807) is 0 Å². The van der Waals surface area contributed by atoms with Crippen molar-refractivity contribution < 1.29 is 0 Å². The lowest BCUT2D eigenvalue weighted by Gasteiger charge is -2.07. The van der Waals surface area contributed by atoms with Crippen LogP contribution < -0.4 is 0 Å². The van der Waals surface area contributed by atoms with Crippen LogP contribution in [0, 0.1) is 96.9 Å². The summed E-state index contributed by atoms with van der Waals surface area (Å²) in [5.41, 5.74) is 57.3. The van der Waals surface area contributed by atoms with Crippen molar-refractivity contribution in [3.8, 4) is 78.3 Å². The summed E-state index contributed by atoms with van der Waals surface area (Å²) >= 11 is 0. The van der Waals surface area contributed by atoms with E-state index < -0.39 is 0 Å². The molecule has 0 fully saturated rings. The molecule has 0 spiro atoms. The second-order valence-corrected chi connectivity index (χ2v) is 29.6. The third-order valence-corrected chi connectivity index (χ3v) is 23.7. The van der Waals surface area contributed by atoms with E-state index in [9.17, 15) is 0 Å². The molecule has 7 nitrogen and oxygen atoms in total. The van der Waals surface area contributed by atoms with Crippen LogP contribution in [0.15, 0.2) is 213 Å². The number of aromatic nitrogens is 7. The summed E-state index contributed by atoms with van der Waals surface area (Å²) in [5, 5.41) is 0. The predicted octanol–water partition coefficient (Wildman–Crippen LogP) is 30.1. The molecule has 616 valence electrons. The van der Waals surface area contributed by atoms with Crippen molar-refractivity contribution >= 4 is 0 Å². The van der Waals surface area contributed by atoms with Crippen molar-refractivity contribution in [1.29, 1.82) is 0 Å². The lowest BCUT2D eigenvalue weighted by molar-refractivity contribution is 1.10. The normalized spacial score (nSPS) is 11.3. The average Bonchev–Trinajstić information content (AvgIpc) is 1.69. The van der Waals surface area contributed by atoms with Gasteiger partial charge in [-0.1, -0.05) is 224 Å². The largest absolute Gasteiger partial charge is 0.264 e. The van der Waals surface area contributed by atoms with Crippen molar-refractivity contribution in [2.75, 3.05) is 0 Å². The highest BCUT2D eigenvalue weighted by Crippen LogP contribution is 2.45. The van der Waals surface area contributed by atoms with E-state index in [0.717, 1.165) is 50.6 Å². The van der Waals surface area contributed by atoms with Gasteiger partial charge in [0, 0.05) is 127 Å². The van der Waals surface area contributed by atoms with Gasteiger partial charge in [0.05, 0.1) is 22.8 Å². The molecule has 0 saturated heterocycles. The number of hydrogen-bond acceptors (Lipinski definition) is 7. The van der Waals surface area contributed by atoms with E-state index in [4.69, 9.17) is 0 Å². The fraction of sp³-hybridized carbons (Fsp3) is 0.312. The van der Waals surface area contributed by atoms with Gasteiger partial charge in [-0.2, -0.15) is 0 Å². The Kier molecular flexibility index (Phi) is 34.7. The van der Waals surface area contributed by atoms with Crippen LogP contribution in [0.2, 0.25) is 0 Å². The topological polar surface area (TPSA) is 90.2 Å². The van der Waals surface area contributed by atoms with E-state index in [1.807, 2.05) is 171 Å². The van der Waals surface area contributed by atoms with Crippen LogP contribution in [0.5, 0.6) is 0 Å². The van der Waals surface area contributed by atoms with Crippen molar-refractivity contribution in [3.63, 3.8) is 0 Å². The minimum atomic E-state index is 0.999. The first kappa shape index (κ1) is 93.1. The van der Waals surface area contributed by atoms with Crippen LogP contribution in [0.3, 0.4) is 0 Å². The Hall–Kier alpha value is -11.4. The lowest BCUT2D eigenvalue weighted by atomic mass is 9.98. The van der Waals surface area contributed by atoms with Gasteiger partial charge in [-0.25, -0.2) is 0 Å². The smallest absolute Gasteiger partial charge is 0.0743 e. The van der Waals surface area contributed by atoms with Crippen LogP contribution >= 0.6 is 0 Å². The SMILES string of the molecule is CC.CC.CC.CC.CC.CC.CC.Cc1ccc2c(c1C)-c1ncccc1C2.Cc1ccc2c(c1C)Cc1cccnc1-2.Cc1ccc2c(c1C)Cc1ccncc1-2.Cc1ccc2c(c1C)Cc1cnccc1-2.Cc1ccc2c(c1C)Cc1ncccc1-2.Cc1cnc2c(c1C)Cc1ccccc1-2.Cc1ncc2c(c1C)Cc1ccccc1-2. The summed E-state index contributed by atoms with van der Waals surface area (Å²) in [7, 11) is 0. The highest BCUT2D eigenvalue weighted by atomic mass is 14.7. The number of aryl methyl sites for hydroxylation is 7. The molecule has 0 amide bonds. The molecule has 7 aliphatic rings. The monoisotopic (exact) mass is 1580 g/mol. The molecule has 0 bridgehead atoms. The maximum Gasteiger partial charge on any atom is 0.0743 e. The molecule has 0 saturated carbocycles. The zero-order valence-corrected chi connectivity index (χ0v) is 77.3. The van der Waals surface area contributed by atoms with Gasteiger partial charge in [-0.15, -0.1) is 0 Å². The Balaban J connectivity index is 0.000000169. The second kappa shape index (κ2) is 44.4. The molecule has 119 heavy (non-hydrogen) atoms. The molecule has 0 aliphatic heterocycles. The fourth-order valence-electron chi connectivity index (χ4n) is 16.4. The van der Waals surface area contributed by atoms with Gasteiger partial charge in [0.1, 0.15) is 0 Å². The Bertz CT molecular complexity index is 4990. The zero-order chi connectivity index (χ0) is 86.9. The third kappa shape index (κ3) is 20.1. The number of fused-ring (bicyclic) bond motifs is 21. The summed E-state index contributed by atoms with van der Waals surface area (Å²) in [4.78, 5) is 30.8. The van der Waals surface area contributed by atoms with E-state index in [-0.39, 0.29) is 0 Å². The minimum Gasteiger partial charge on any atom is -0.264 e. The maximum atomic E-state index is 4.56. The molecule has 0 unspecified atom stereocenters. The molecular formula is C112H133N7. The molecule has 7 aliphatic carbocycles. The molecular weight excluding hydrogens is 1440 g/mol. The highest BCUT2D eigenvalue weighted by molar-refractivity contribution is 5.83. The van der Waals surface area contributed by atoms with E-state index in [2.05, 4.69) is 271 Å². The Labute approximate surface area is 717 Å². The molecule has 7 aromatic heterocycles. The van der Waals surface area contributed by atoms with Gasteiger partial charge in [-0.3, -0.25) is 34.9 Å². The Morgan fingerprint density at radius 2 is 0.588 bits per heavy atom. The van der Waals surface area contributed by atoms with E-state index in [0.29, 0.717) is 0 Å². The van der Waals surface area contributed by atoms with E-state index >= 15 is 0 Å². The van der Waals surface area contributed by atoms with Gasteiger partial charge < -0.3 is 0 Å². The number of nitrogens with zero attached hydrogens (tertiary/aromatic N) is 7. The van der Waals surface area contributed by atoms with Gasteiger partial charge >= 0.3 is 0 Å². The van der Waals surface area contributed by atoms with Gasteiger partial charge in [-0.05, 0) is 313 Å². The first-order chi connectivity index (χ1) is 57.9. The Morgan fingerprint density at radius 1 is 0.193 bits per heavy atom. The summed E-state index contributed by atoms with van der Waals surface area (Å²) in [6.07, 6.45) is 24.7. The quantitative estimate of drug-likeness (QED) is 0.149. The first-order valence-electron chi connectivity index (χ1n) is 44.1. The number of rotatable bonds is 0. The summed E-state index contributed by atoms with van der Waals surface area (Å²) in [6, 6.07) is 56.2. The summed E-state index contributed by atoms with van der Waals surface area (Å²) in [6.45, 7) is 58.5. The lowest BCUT2D eigenvalue weighted by Crippen LogP contribution is -1.93. The predicted molar refractivity (Wildman–Crippen MR) is 513 cm³/mol. The zero-order valence-electron chi connectivity index (χ0n) is 77.3. The molecule has 0 N–H and O–H groups in total. The fourth-order valence-corrected chi connectivity index (χ4v) is 16.4. The van der Waals surface area contributed by atoms with Crippen LogP contribution in [0.1, 0.15) is 253 Å². The van der Waals surface area contributed by atoms with Crippen LogP contribution in [-0.4, -0.2) is 34.9 Å². The highest BCUT2D eigenvalue weighted by Gasteiger charge is 2.28. The third-order valence-electron chi connectivity index (χ3n) is 23.7. The molecule has 14 aromatic rings. The molecule has 7 heterocycles. The summed E-state index contributed by atoms with van der Waals surface area (Å²) in [5.74, 6) is 0. The van der Waals surface area contributed by atoms with Gasteiger partial charge in [0.25, 0.3) is 0 Å². The van der Waals surface area contributed by atoms with Crippen molar-refractivity contribution in [2.24, 2.45) is 0 Å². The van der Waals surface area contributed by atoms with Crippen LogP contribution in [-0.2, 0) is 44.9 Å². The van der Waals surface area contributed by atoms with Gasteiger partial charge in [0.2, 0.25) is 0 Å². The molecule has 0 radical (unpaired) electrons. The molecule has 0 atom stereocenters. The second-order valence-electron chi connectivity index (χ2n) is 29.6. The summed E-state index contributed by atoms with van der Waals surface area (Å²) < 4.78 is 0. The number of benzene rings is 7. The molecule has 7 aromatic carbocycles. The first-order valence-corrected chi connectivity index (χ1v) is 44.1. The van der Waals surface area contributed by atoms with Crippen LogP contribution in [0.4, 0.5) is 0 Å². The minimum absolute atomic E-state index is 0.999. The molecule has 21 rings (SSSR count). The van der Waals surface area contributed by atoms with E-state index in [1.165, 1.54) is 229 Å². The average molecular weight is 1580 g/mol. The van der Waals surface area contributed by atoms with Crippen molar-refractivity contribution in [2.45, 2.75) is 239 Å². The van der Waals surface area contributed by atoms with Crippen molar-refractivity contribution in [1.82, 2.24) is 34.9 Å². The van der Waals surface area contributed by atoms with Crippen molar-refractivity contribution in [3.05, 3.63) is 370 Å². The van der Waals surface area contributed by atoms with Gasteiger partial charge in [0.15, 0.2) is 0 Å². The number of hydrogen-bond donors (Lipinski definition) is 0. The molecule has 7 heteroatoms. The van der Waals surface area contributed by atoms with Crippen LogP contribution in [0.25, 0.3) is 78.3 Å². The number of pyridine rings is 7. The maximum absolute atomic E-state index is 4.56. The standard InChI is InChI=1S/7C14H13N.7C2H6/c1-9-3-4-13-12-5-6-15-8-11(12)7-14(13)10(9)2;1-9-3-4-12-13(10(9)2)7-11-5-6-15-8-14(11)12;1-9-5-6-11-12-4-3-7-15-14(12)8-13(11)10(9)2;1-9-5-6-11-8-12-4-3-7-15-14(12)13(11)10(9)2;1-9-5-6-12-13(10(9)2)8-11-4-3-7-15-14(11)12;1-9-10(2)15-8-14-12-6-4-3-5-11(12)7-13(9)14;1-9-8-15-14-12-6-4-3-5-11(12)7-13(14)10(9)2;7*1-2/h2*3-6,8H,7H2,1-2H3;3*3-7H,8H2,1-2H3;2*3-6,8H,7H2,1-2H3;7*1-2H3.